The van der Waals surface area contributed by atoms with E-state index in [0.29, 0.717) is 5.92 Å². The maximum absolute atomic E-state index is 4.46. The first-order valence-electron chi connectivity index (χ1n) is 8.53. The zero-order chi connectivity index (χ0) is 16.9. The van der Waals surface area contributed by atoms with Crippen LogP contribution in [-0.4, -0.2) is 43.1 Å². The number of hydrogen-bond acceptors (Lipinski definition) is 7. The van der Waals surface area contributed by atoms with Gasteiger partial charge in [-0.25, -0.2) is 15.0 Å². The second-order valence-electron chi connectivity index (χ2n) is 6.39. The maximum atomic E-state index is 4.46. The second kappa shape index (κ2) is 7.71. The zero-order valence-electron chi connectivity index (χ0n) is 13.9. The third kappa shape index (κ3) is 4.40. The Labute approximate surface area is 150 Å². The number of aromatic amines is 1. The van der Waals surface area contributed by atoms with Gasteiger partial charge in [0.2, 0.25) is 0 Å². The topological polar surface area (TPSA) is 82.6 Å². The summed E-state index contributed by atoms with van der Waals surface area (Å²) in [7, 11) is 0. The number of nitrogens with one attached hydrogen (secondary N) is 2. The smallest absolute Gasteiger partial charge is 0.188 e. The highest BCUT2D eigenvalue weighted by atomic mass is 32.1. The molecule has 2 N–H and O–H groups in total. The van der Waals surface area contributed by atoms with Crippen molar-refractivity contribution in [3.05, 3.63) is 47.6 Å². The molecule has 0 amide bonds. The second-order valence-corrected chi connectivity index (χ2v) is 7.28. The molecule has 0 radical (unpaired) electrons. The van der Waals surface area contributed by atoms with E-state index in [1.54, 1.807) is 23.9 Å². The van der Waals surface area contributed by atoms with Crippen molar-refractivity contribution >= 4 is 22.3 Å². The molecule has 0 spiro atoms. The molecular formula is C17H21N7S. The lowest BCUT2D eigenvalue weighted by molar-refractivity contribution is 0.164. The van der Waals surface area contributed by atoms with Crippen molar-refractivity contribution in [2.45, 2.75) is 25.8 Å². The Hall–Kier alpha value is -2.32. The van der Waals surface area contributed by atoms with Crippen LogP contribution in [0.1, 0.15) is 24.2 Å². The molecule has 1 fully saturated rings. The molecule has 4 rings (SSSR count). The highest BCUT2D eigenvalue weighted by Gasteiger charge is 2.21. The van der Waals surface area contributed by atoms with Gasteiger partial charge in [0.15, 0.2) is 5.13 Å². The van der Waals surface area contributed by atoms with E-state index in [2.05, 4.69) is 35.4 Å². The van der Waals surface area contributed by atoms with Gasteiger partial charge in [-0.15, -0.1) is 11.3 Å². The number of aromatic nitrogens is 5. The molecule has 3 aromatic rings. The third-order valence-corrected chi connectivity index (χ3v) is 5.13. The van der Waals surface area contributed by atoms with E-state index in [9.17, 15) is 0 Å². The number of rotatable bonds is 6. The predicted molar refractivity (Wildman–Crippen MR) is 97.7 cm³/mol. The summed E-state index contributed by atoms with van der Waals surface area (Å²) in [6.45, 7) is 3.19. The minimum Gasteiger partial charge on any atom is -0.316 e. The minimum atomic E-state index is 0.624. The molecule has 0 aromatic carbocycles. The third-order valence-electron chi connectivity index (χ3n) is 4.44. The lowest BCUT2D eigenvalue weighted by Gasteiger charge is -2.32. The highest BCUT2D eigenvalue weighted by Crippen LogP contribution is 2.23. The van der Waals surface area contributed by atoms with Crippen molar-refractivity contribution in [3.63, 3.8) is 0 Å². The molecule has 0 aliphatic carbocycles. The first-order chi connectivity index (χ1) is 12.3. The molecule has 1 aliphatic heterocycles. The molecule has 0 saturated carbocycles. The fraction of sp³-hybridized carbons (Fsp3) is 0.412. The van der Waals surface area contributed by atoms with Crippen molar-refractivity contribution in [2.24, 2.45) is 5.92 Å². The first kappa shape index (κ1) is 16.2. The van der Waals surface area contributed by atoms with Crippen LogP contribution in [0, 0.1) is 5.92 Å². The SMILES string of the molecule is c1cc(CN2CCCC(Cc3cc(Nc4nccs4)ncn3)C2)[nH]n1. The first-order valence-corrected chi connectivity index (χ1v) is 9.41. The van der Waals surface area contributed by atoms with Gasteiger partial charge in [0.05, 0.1) is 0 Å². The van der Waals surface area contributed by atoms with Gasteiger partial charge in [-0.2, -0.15) is 5.10 Å². The Kier molecular flexibility index (Phi) is 4.98. The quantitative estimate of drug-likeness (QED) is 0.707. The monoisotopic (exact) mass is 355 g/mol. The molecule has 4 heterocycles. The van der Waals surface area contributed by atoms with Gasteiger partial charge in [-0.3, -0.25) is 10.00 Å². The number of likely N-dealkylation sites (tertiary alicyclic amines) is 1. The Morgan fingerprint density at radius 3 is 3.12 bits per heavy atom. The predicted octanol–water partition coefficient (Wildman–Crippen LogP) is 2.85. The molecular weight excluding hydrogens is 334 g/mol. The number of nitrogens with zero attached hydrogens (tertiary/aromatic N) is 5. The summed E-state index contributed by atoms with van der Waals surface area (Å²) in [6, 6.07) is 4.08. The normalized spacial score (nSPS) is 18.3. The Balaban J connectivity index is 1.36. The molecule has 1 atom stereocenters. The molecule has 1 saturated heterocycles. The number of anilines is 2. The Bertz CT molecular complexity index is 772. The van der Waals surface area contributed by atoms with E-state index < -0.39 is 0 Å². The average Bonchev–Trinajstić information content (AvgIpc) is 3.30. The summed E-state index contributed by atoms with van der Waals surface area (Å²) in [5.41, 5.74) is 2.26. The molecule has 25 heavy (non-hydrogen) atoms. The summed E-state index contributed by atoms with van der Waals surface area (Å²) in [5.74, 6) is 1.43. The van der Waals surface area contributed by atoms with Crippen LogP contribution in [0.3, 0.4) is 0 Å². The molecule has 0 bridgehead atoms. The van der Waals surface area contributed by atoms with Crippen LogP contribution in [0.4, 0.5) is 10.9 Å². The Morgan fingerprint density at radius 2 is 2.28 bits per heavy atom. The van der Waals surface area contributed by atoms with Gasteiger partial charge in [0.1, 0.15) is 12.1 Å². The van der Waals surface area contributed by atoms with Crippen LogP contribution in [0.25, 0.3) is 0 Å². The lowest BCUT2D eigenvalue weighted by Crippen LogP contribution is -2.35. The van der Waals surface area contributed by atoms with Crippen LogP contribution in [0.15, 0.2) is 36.2 Å². The van der Waals surface area contributed by atoms with Gasteiger partial charge >= 0.3 is 0 Å². The molecule has 8 heteroatoms. The summed E-state index contributed by atoms with van der Waals surface area (Å²) in [5, 5.41) is 13.1. The number of thiazole rings is 1. The van der Waals surface area contributed by atoms with Gasteiger partial charge < -0.3 is 5.32 Å². The van der Waals surface area contributed by atoms with Crippen molar-refractivity contribution in [1.82, 2.24) is 30.0 Å². The highest BCUT2D eigenvalue weighted by molar-refractivity contribution is 7.13. The van der Waals surface area contributed by atoms with Crippen molar-refractivity contribution in [3.8, 4) is 0 Å². The van der Waals surface area contributed by atoms with Gasteiger partial charge in [-0.05, 0) is 37.8 Å². The van der Waals surface area contributed by atoms with Crippen LogP contribution in [0.2, 0.25) is 0 Å². The summed E-state index contributed by atoms with van der Waals surface area (Å²) in [6.07, 6.45) is 8.69. The van der Waals surface area contributed by atoms with Gasteiger partial charge in [0, 0.05) is 48.3 Å². The van der Waals surface area contributed by atoms with E-state index in [1.807, 2.05) is 23.7 Å². The fourth-order valence-corrected chi connectivity index (χ4v) is 3.88. The lowest BCUT2D eigenvalue weighted by atomic mass is 9.93. The van der Waals surface area contributed by atoms with E-state index in [1.165, 1.54) is 18.5 Å². The number of H-pyrrole nitrogens is 1. The fourth-order valence-electron chi connectivity index (χ4n) is 3.34. The van der Waals surface area contributed by atoms with Crippen LogP contribution >= 0.6 is 11.3 Å². The van der Waals surface area contributed by atoms with Crippen molar-refractivity contribution in [1.29, 1.82) is 0 Å². The molecule has 1 aliphatic rings. The molecule has 7 nitrogen and oxygen atoms in total. The standard InChI is InChI=1S/C17H21N7S/c1-2-13(10-24(6-1)11-14-3-4-21-23-14)8-15-9-16(20-12-19-15)22-17-18-5-7-25-17/h3-5,7,9,12-13H,1-2,6,8,10-11H2,(H,21,23)(H,18,19,20,22). The van der Waals surface area contributed by atoms with Crippen molar-refractivity contribution < 1.29 is 0 Å². The number of hydrogen-bond donors (Lipinski definition) is 2. The average molecular weight is 355 g/mol. The van der Waals surface area contributed by atoms with E-state index in [4.69, 9.17) is 0 Å². The van der Waals surface area contributed by atoms with Crippen LogP contribution < -0.4 is 5.32 Å². The summed E-state index contributed by atoms with van der Waals surface area (Å²) < 4.78 is 0. The minimum absolute atomic E-state index is 0.624. The van der Waals surface area contributed by atoms with Crippen LogP contribution in [0.5, 0.6) is 0 Å². The van der Waals surface area contributed by atoms with Crippen molar-refractivity contribution in [2.75, 3.05) is 18.4 Å². The molecule has 130 valence electrons. The summed E-state index contributed by atoms with van der Waals surface area (Å²) in [4.78, 5) is 15.5. The van der Waals surface area contributed by atoms with Crippen LogP contribution in [-0.2, 0) is 13.0 Å². The largest absolute Gasteiger partial charge is 0.316 e. The Morgan fingerprint density at radius 1 is 1.28 bits per heavy atom. The van der Waals surface area contributed by atoms with E-state index in [0.717, 1.165) is 42.7 Å². The van der Waals surface area contributed by atoms with E-state index in [-0.39, 0.29) is 0 Å². The molecule has 1 unspecified atom stereocenters. The van der Waals surface area contributed by atoms with Gasteiger partial charge in [-0.1, -0.05) is 0 Å². The number of piperidine rings is 1. The summed E-state index contributed by atoms with van der Waals surface area (Å²) >= 11 is 1.56. The molecule has 3 aromatic heterocycles. The van der Waals surface area contributed by atoms with E-state index >= 15 is 0 Å². The van der Waals surface area contributed by atoms with Gasteiger partial charge in [0.25, 0.3) is 0 Å². The zero-order valence-corrected chi connectivity index (χ0v) is 14.7. The maximum Gasteiger partial charge on any atom is 0.188 e.